The van der Waals surface area contributed by atoms with Crippen molar-refractivity contribution in [1.82, 2.24) is 4.98 Å². The van der Waals surface area contributed by atoms with E-state index in [2.05, 4.69) is 4.98 Å². The highest BCUT2D eigenvalue weighted by atomic mass is 32.1. The number of anilines is 1. The lowest BCUT2D eigenvalue weighted by Crippen LogP contribution is -2.29. The number of halogens is 1. The average Bonchev–Trinajstić information content (AvgIpc) is 3.35. The Morgan fingerprint density at radius 2 is 1.87 bits per heavy atom. The Bertz CT molecular complexity index is 1190. The first-order valence-corrected chi connectivity index (χ1v) is 9.48. The number of nitro benzene ring substituents is 1. The molecule has 2 heterocycles. The number of non-ortho nitro benzene ring substituents is 1. The highest BCUT2D eigenvalue weighted by Crippen LogP contribution is 2.43. The summed E-state index contributed by atoms with van der Waals surface area (Å²) in [6.45, 7) is 0. The molecule has 10 heteroatoms. The molecule has 2 aromatic carbocycles. The number of nitrogens with zero attached hydrogens (tertiary/aromatic N) is 3. The smallest absolute Gasteiger partial charge is 0.301 e. The molecule has 0 saturated carbocycles. The second-order valence-corrected chi connectivity index (χ2v) is 7.18. The van der Waals surface area contributed by atoms with Crippen LogP contribution in [0.25, 0.3) is 5.76 Å². The van der Waals surface area contributed by atoms with Crippen molar-refractivity contribution in [3.05, 3.63) is 92.7 Å². The summed E-state index contributed by atoms with van der Waals surface area (Å²) in [7, 11) is 0. The molecule has 1 aliphatic heterocycles. The molecular formula is C20H12FN3O5S. The Kier molecular flexibility index (Phi) is 4.84. The fraction of sp³-hybridized carbons (Fsp3) is 0.0500. The number of thiazole rings is 1. The molecule has 0 spiro atoms. The largest absolute Gasteiger partial charge is 0.507 e. The Balaban J connectivity index is 1.93. The summed E-state index contributed by atoms with van der Waals surface area (Å²) >= 11 is 1.09. The summed E-state index contributed by atoms with van der Waals surface area (Å²) < 4.78 is 14.6. The zero-order valence-electron chi connectivity index (χ0n) is 15.1. The van der Waals surface area contributed by atoms with Crippen molar-refractivity contribution in [3.63, 3.8) is 0 Å². The number of rotatable bonds is 4. The number of benzene rings is 2. The van der Waals surface area contributed by atoms with E-state index >= 15 is 0 Å². The minimum Gasteiger partial charge on any atom is -0.507 e. The lowest BCUT2D eigenvalue weighted by Gasteiger charge is -2.23. The fourth-order valence-electron chi connectivity index (χ4n) is 3.25. The lowest BCUT2D eigenvalue weighted by molar-refractivity contribution is -0.384. The number of carbonyl (C=O) groups excluding carboxylic acids is 2. The standard InChI is InChI=1S/C20H12FN3O5S/c21-14-4-2-1-3-13(14)16-15(17(25)11-5-7-12(8-6-11)24(28)29)18(26)19(27)23(16)20-22-9-10-30-20/h1-10,16,25H/t16-/m0/s1. The highest BCUT2D eigenvalue weighted by Gasteiger charge is 2.48. The zero-order valence-corrected chi connectivity index (χ0v) is 15.9. The molecule has 0 unspecified atom stereocenters. The van der Waals surface area contributed by atoms with Crippen molar-refractivity contribution in [1.29, 1.82) is 0 Å². The van der Waals surface area contributed by atoms with E-state index in [4.69, 9.17) is 0 Å². The normalized spacial score (nSPS) is 18.0. The number of aliphatic hydroxyl groups is 1. The van der Waals surface area contributed by atoms with Gasteiger partial charge in [-0.1, -0.05) is 18.2 Å². The summed E-state index contributed by atoms with van der Waals surface area (Å²) in [6.07, 6.45) is 1.44. The van der Waals surface area contributed by atoms with E-state index in [9.17, 15) is 29.2 Å². The van der Waals surface area contributed by atoms with Gasteiger partial charge in [0.25, 0.3) is 11.5 Å². The van der Waals surface area contributed by atoms with E-state index in [0.29, 0.717) is 0 Å². The van der Waals surface area contributed by atoms with Gasteiger partial charge < -0.3 is 5.11 Å². The molecule has 8 nitrogen and oxygen atoms in total. The molecule has 1 aliphatic rings. The summed E-state index contributed by atoms with van der Waals surface area (Å²) in [5.74, 6) is -3.19. The Morgan fingerprint density at radius 3 is 2.47 bits per heavy atom. The Morgan fingerprint density at radius 1 is 1.17 bits per heavy atom. The van der Waals surface area contributed by atoms with Crippen LogP contribution in [0.15, 0.2) is 65.7 Å². The molecule has 1 atom stereocenters. The first kappa shape index (κ1) is 19.4. The third kappa shape index (κ3) is 3.12. The van der Waals surface area contributed by atoms with E-state index in [0.717, 1.165) is 28.4 Å². The van der Waals surface area contributed by atoms with Gasteiger partial charge in [-0.2, -0.15) is 0 Å². The molecule has 1 amide bonds. The van der Waals surface area contributed by atoms with Gasteiger partial charge in [-0.3, -0.25) is 24.6 Å². The van der Waals surface area contributed by atoms with Crippen LogP contribution in [-0.2, 0) is 9.59 Å². The summed E-state index contributed by atoms with van der Waals surface area (Å²) in [4.78, 5) is 41.0. The van der Waals surface area contributed by atoms with Crippen LogP contribution in [0.5, 0.6) is 0 Å². The monoisotopic (exact) mass is 425 g/mol. The molecule has 0 bridgehead atoms. The van der Waals surface area contributed by atoms with Gasteiger partial charge in [0.05, 0.1) is 10.5 Å². The van der Waals surface area contributed by atoms with Crippen molar-refractivity contribution in [2.45, 2.75) is 6.04 Å². The SMILES string of the molecule is O=C1C(=O)N(c2nccs2)[C@@H](c2ccccc2F)C1=C(O)c1ccc([N+](=O)[O-])cc1. The van der Waals surface area contributed by atoms with Crippen LogP contribution in [0.1, 0.15) is 17.2 Å². The number of amides is 1. The van der Waals surface area contributed by atoms with Crippen molar-refractivity contribution in [2.24, 2.45) is 0 Å². The second kappa shape index (κ2) is 7.48. The summed E-state index contributed by atoms with van der Waals surface area (Å²) in [5, 5.41) is 23.5. The molecule has 150 valence electrons. The maximum Gasteiger partial charge on any atom is 0.301 e. The number of hydrogen-bond donors (Lipinski definition) is 1. The molecule has 0 radical (unpaired) electrons. The Hall–Kier alpha value is -3.92. The summed E-state index contributed by atoms with van der Waals surface area (Å²) in [5.41, 5.74) is -0.441. The van der Waals surface area contributed by atoms with Crippen LogP contribution >= 0.6 is 11.3 Å². The second-order valence-electron chi connectivity index (χ2n) is 6.31. The number of hydrogen-bond acceptors (Lipinski definition) is 7. The van der Waals surface area contributed by atoms with Crippen molar-refractivity contribution in [3.8, 4) is 0 Å². The van der Waals surface area contributed by atoms with Gasteiger partial charge in [0.2, 0.25) is 0 Å². The molecule has 1 saturated heterocycles. The zero-order chi connectivity index (χ0) is 21.4. The molecular weight excluding hydrogens is 413 g/mol. The van der Waals surface area contributed by atoms with Gasteiger partial charge in [0.15, 0.2) is 5.13 Å². The molecule has 4 rings (SSSR count). The molecule has 1 N–H and O–H groups in total. The van der Waals surface area contributed by atoms with Gasteiger partial charge >= 0.3 is 5.91 Å². The maximum absolute atomic E-state index is 14.6. The third-order valence-electron chi connectivity index (χ3n) is 4.62. The minimum absolute atomic E-state index is 0.00959. The van der Waals surface area contributed by atoms with Crippen molar-refractivity contribution >= 4 is 39.6 Å². The topological polar surface area (TPSA) is 114 Å². The van der Waals surface area contributed by atoms with Crippen LogP contribution in [-0.4, -0.2) is 26.7 Å². The Labute approximate surface area is 172 Å². The molecule has 30 heavy (non-hydrogen) atoms. The highest BCUT2D eigenvalue weighted by molar-refractivity contribution is 7.14. The van der Waals surface area contributed by atoms with Crippen LogP contribution in [0.4, 0.5) is 15.2 Å². The molecule has 1 fully saturated rings. The number of nitro groups is 1. The van der Waals surface area contributed by atoms with Crippen LogP contribution < -0.4 is 4.90 Å². The minimum atomic E-state index is -1.24. The van der Waals surface area contributed by atoms with Crippen molar-refractivity contribution in [2.75, 3.05) is 4.90 Å². The van der Waals surface area contributed by atoms with E-state index in [1.54, 1.807) is 11.4 Å². The van der Waals surface area contributed by atoms with Gasteiger partial charge in [-0.15, -0.1) is 11.3 Å². The third-order valence-corrected chi connectivity index (χ3v) is 5.39. The number of Topliss-reactive ketones (excluding diaryl/α,β-unsaturated/α-hetero) is 1. The molecule has 0 aliphatic carbocycles. The van der Waals surface area contributed by atoms with Gasteiger partial charge in [0, 0.05) is 34.8 Å². The van der Waals surface area contributed by atoms with Gasteiger partial charge in [-0.05, 0) is 18.2 Å². The fourth-order valence-corrected chi connectivity index (χ4v) is 3.92. The van der Waals surface area contributed by atoms with E-state index in [1.807, 2.05) is 0 Å². The first-order valence-electron chi connectivity index (χ1n) is 8.60. The van der Waals surface area contributed by atoms with Crippen molar-refractivity contribution < 1.29 is 24.0 Å². The number of aliphatic hydroxyl groups excluding tert-OH is 1. The first-order chi connectivity index (χ1) is 14.4. The van der Waals surface area contributed by atoms with Gasteiger partial charge in [-0.25, -0.2) is 9.37 Å². The maximum atomic E-state index is 14.6. The predicted molar refractivity (Wildman–Crippen MR) is 106 cm³/mol. The van der Waals surface area contributed by atoms with E-state index in [-0.39, 0.29) is 27.5 Å². The summed E-state index contributed by atoms with van der Waals surface area (Å²) in [6, 6.07) is 9.18. The lowest BCUT2D eigenvalue weighted by atomic mass is 9.95. The average molecular weight is 425 g/mol. The van der Waals surface area contributed by atoms with Crippen LogP contribution in [0.2, 0.25) is 0 Å². The molecule has 1 aromatic heterocycles. The van der Waals surface area contributed by atoms with E-state index < -0.39 is 34.2 Å². The van der Waals surface area contributed by atoms with E-state index in [1.165, 1.54) is 36.5 Å². The number of ketones is 1. The number of aromatic nitrogens is 1. The van der Waals surface area contributed by atoms with Gasteiger partial charge in [0.1, 0.15) is 17.6 Å². The van der Waals surface area contributed by atoms with Crippen LogP contribution in [0, 0.1) is 15.9 Å². The molecule has 3 aromatic rings. The predicted octanol–water partition coefficient (Wildman–Crippen LogP) is 3.82. The number of carbonyl (C=O) groups is 2. The van der Waals surface area contributed by atoms with Crippen LogP contribution in [0.3, 0.4) is 0 Å². The quantitative estimate of drug-likeness (QED) is 0.224.